The number of hydrogen-bond donors (Lipinski definition) is 0. The molecule has 0 bridgehead atoms. The van der Waals surface area contributed by atoms with Crippen LogP contribution in [0.5, 0.6) is 0 Å². The van der Waals surface area contributed by atoms with Crippen LogP contribution in [0.2, 0.25) is 0 Å². The molecule has 3 nitrogen and oxygen atoms in total. The fourth-order valence-electron chi connectivity index (χ4n) is 1.47. The van der Waals surface area contributed by atoms with Gasteiger partial charge in [-0.15, -0.1) is 0 Å². The molecule has 0 heterocycles. The van der Waals surface area contributed by atoms with E-state index in [9.17, 15) is 10.1 Å². The first-order valence-corrected chi connectivity index (χ1v) is 4.49. The second-order valence-electron chi connectivity index (χ2n) is 3.18. The van der Waals surface area contributed by atoms with E-state index in [0.29, 0.717) is 12.0 Å². The van der Waals surface area contributed by atoms with E-state index in [0.717, 1.165) is 12.0 Å². The van der Waals surface area contributed by atoms with Gasteiger partial charge in [0.15, 0.2) is 0 Å². The van der Waals surface area contributed by atoms with Crippen molar-refractivity contribution in [1.82, 2.24) is 0 Å². The lowest BCUT2D eigenvalue weighted by atomic mass is 9.96. The van der Waals surface area contributed by atoms with Gasteiger partial charge in [0.05, 0.1) is 0 Å². The lowest BCUT2D eigenvalue weighted by Crippen LogP contribution is -1.97. The molecule has 0 atom stereocenters. The topological polar surface area (TPSA) is 43.1 Å². The van der Waals surface area contributed by atoms with Crippen LogP contribution >= 0.6 is 0 Å². The first kappa shape index (κ1) is 9.30. The van der Waals surface area contributed by atoms with Crippen molar-refractivity contribution in [2.24, 2.45) is 0 Å². The van der Waals surface area contributed by atoms with E-state index in [1.54, 1.807) is 6.07 Å². The molecule has 1 aliphatic carbocycles. The lowest BCUT2D eigenvalue weighted by molar-refractivity contribution is -0.379. The summed E-state index contributed by atoms with van der Waals surface area (Å²) < 4.78 is 0. The third-order valence-corrected chi connectivity index (χ3v) is 2.18. The summed E-state index contributed by atoms with van der Waals surface area (Å²) in [6.45, 7) is 0. The first-order chi connectivity index (χ1) is 7.25. The molecule has 0 saturated carbocycles. The summed E-state index contributed by atoms with van der Waals surface area (Å²) in [7, 11) is 0. The molecule has 0 amide bonds. The number of fused-ring (bicyclic) bond motifs is 1. The Morgan fingerprint density at radius 1 is 1.27 bits per heavy atom. The van der Waals surface area contributed by atoms with Gasteiger partial charge in [-0.1, -0.05) is 17.9 Å². The van der Waals surface area contributed by atoms with Gasteiger partial charge in [0.2, 0.25) is 0 Å². The average Bonchev–Trinajstić information content (AvgIpc) is 2.26. The van der Waals surface area contributed by atoms with Crippen molar-refractivity contribution < 1.29 is 4.92 Å². The van der Waals surface area contributed by atoms with Crippen molar-refractivity contribution in [2.75, 3.05) is 0 Å². The quantitative estimate of drug-likeness (QED) is 0.273. The van der Waals surface area contributed by atoms with Gasteiger partial charge in [0.25, 0.3) is 6.04 Å². The summed E-state index contributed by atoms with van der Waals surface area (Å²) >= 11 is 0. The average molecular weight is 197 g/mol. The van der Waals surface area contributed by atoms with Gasteiger partial charge in [-0.2, -0.15) is 0 Å². The van der Waals surface area contributed by atoms with Crippen LogP contribution in [0.3, 0.4) is 0 Å². The van der Waals surface area contributed by atoms with Gasteiger partial charge < -0.3 is 0 Å². The molecular formula is C12H7NO2. The SMILES string of the molecule is O=[N+]([O-])C#Cc1ccc2c(c1)CC#CC2. The number of benzene rings is 1. The second kappa shape index (κ2) is 3.86. The summed E-state index contributed by atoms with van der Waals surface area (Å²) in [5.74, 6) is 8.51. The standard InChI is InChI=1S/C12H7NO2/c14-13(15)8-7-10-5-6-11-3-1-2-4-12(11)9-10/h5-6,9H,3-4H2. The normalized spacial score (nSPS) is 11.5. The van der Waals surface area contributed by atoms with Crippen LogP contribution in [0.4, 0.5) is 0 Å². The molecule has 0 saturated heterocycles. The number of nitro groups is 1. The van der Waals surface area contributed by atoms with Crippen LogP contribution in [0.15, 0.2) is 18.2 Å². The van der Waals surface area contributed by atoms with E-state index in [2.05, 4.69) is 17.8 Å². The highest BCUT2D eigenvalue weighted by atomic mass is 16.6. The van der Waals surface area contributed by atoms with Crippen LogP contribution in [0, 0.1) is 33.9 Å². The van der Waals surface area contributed by atoms with Crippen LogP contribution < -0.4 is 0 Å². The molecule has 0 unspecified atom stereocenters. The molecule has 1 aromatic rings. The maximum absolute atomic E-state index is 10.1. The Bertz CT molecular complexity index is 538. The molecule has 0 spiro atoms. The number of nitrogens with zero attached hydrogens (tertiary/aromatic N) is 1. The van der Waals surface area contributed by atoms with Crippen molar-refractivity contribution in [3.05, 3.63) is 45.0 Å². The third-order valence-electron chi connectivity index (χ3n) is 2.18. The van der Waals surface area contributed by atoms with E-state index < -0.39 is 4.92 Å². The Kier molecular flexibility index (Phi) is 2.39. The van der Waals surface area contributed by atoms with E-state index >= 15 is 0 Å². The van der Waals surface area contributed by atoms with Gasteiger partial charge in [-0.3, -0.25) is 0 Å². The maximum Gasteiger partial charge on any atom is 0.295 e. The van der Waals surface area contributed by atoms with E-state index in [1.807, 2.05) is 18.2 Å². The summed E-state index contributed by atoms with van der Waals surface area (Å²) in [6, 6.07) is 7.51. The molecule has 0 aliphatic heterocycles. The fraction of sp³-hybridized carbons (Fsp3) is 0.167. The molecule has 72 valence electrons. The van der Waals surface area contributed by atoms with Gasteiger partial charge in [0.1, 0.15) is 4.92 Å². The minimum Gasteiger partial charge on any atom is -0.249 e. The molecule has 0 N–H and O–H groups in total. The van der Waals surface area contributed by atoms with Gasteiger partial charge in [-0.25, -0.2) is 10.1 Å². The lowest BCUT2D eigenvalue weighted by Gasteiger charge is -2.07. The Labute approximate surface area is 87.3 Å². The Morgan fingerprint density at radius 3 is 2.73 bits per heavy atom. The summed E-state index contributed by atoms with van der Waals surface area (Å²) in [6.07, 6.45) is 1.47. The van der Waals surface area contributed by atoms with E-state index in [-0.39, 0.29) is 0 Å². The van der Waals surface area contributed by atoms with Crippen LogP contribution in [-0.4, -0.2) is 4.92 Å². The molecular weight excluding hydrogens is 190 g/mol. The molecule has 0 aromatic heterocycles. The minimum absolute atomic E-state index is 0.640. The monoisotopic (exact) mass is 197 g/mol. The Morgan fingerprint density at radius 2 is 2.00 bits per heavy atom. The summed E-state index contributed by atoms with van der Waals surface area (Å²) in [4.78, 5) is 9.43. The Hall–Kier alpha value is -2.26. The largest absolute Gasteiger partial charge is 0.295 e. The molecule has 1 aliphatic rings. The molecule has 2 rings (SSSR count). The van der Waals surface area contributed by atoms with Gasteiger partial charge >= 0.3 is 0 Å². The molecule has 0 fully saturated rings. The second-order valence-corrected chi connectivity index (χ2v) is 3.18. The highest BCUT2D eigenvalue weighted by Gasteiger charge is 2.04. The summed E-state index contributed by atoms with van der Waals surface area (Å²) in [5, 5.41) is 10.1. The predicted octanol–water partition coefficient (Wildman–Crippen LogP) is 1.37. The Balaban J connectivity index is 2.33. The first-order valence-electron chi connectivity index (χ1n) is 4.49. The van der Waals surface area contributed by atoms with Crippen molar-refractivity contribution >= 4 is 0 Å². The van der Waals surface area contributed by atoms with E-state index in [1.165, 1.54) is 5.56 Å². The van der Waals surface area contributed by atoms with Crippen LogP contribution in [0.25, 0.3) is 0 Å². The van der Waals surface area contributed by atoms with Gasteiger partial charge in [0, 0.05) is 24.3 Å². The van der Waals surface area contributed by atoms with Gasteiger partial charge in [-0.05, 0) is 23.3 Å². The molecule has 15 heavy (non-hydrogen) atoms. The van der Waals surface area contributed by atoms with Crippen LogP contribution in [0.1, 0.15) is 16.7 Å². The number of rotatable bonds is 0. The van der Waals surface area contributed by atoms with E-state index in [4.69, 9.17) is 0 Å². The van der Waals surface area contributed by atoms with Crippen molar-refractivity contribution in [1.29, 1.82) is 0 Å². The molecule has 3 heteroatoms. The fourth-order valence-corrected chi connectivity index (χ4v) is 1.47. The highest BCUT2D eigenvalue weighted by Crippen LogP contribution is 2.15. The zero-order chi connectivity index (χ0) is 10.7. The minimum atomic E-state index is -0.640. The molecule has 0 radical (unpaired) electrons. The highest BCUT2D eigenvalue weighted by molar-refractivity contribution is 5.44. The smallest absolute Gasteiger partial charge is 0.249 e. The summed E-state index contributed by atoms with van der Waals surface area (Å²) in [5.41, 5.74) is 3.00. The zero-order valence-electron chi connectivity index (χ0n) is 7.91. The molecule has 1 aromatic carbocycles. The predicted molar refractivity (Wildman–Crippen MR) is 55.5 cm³/mol. The third kappa shape index (κ3) is 2.15. The van der Waals surface area contributed by atoms with Crippen molar-refractivity contribution in [2.45, 2.75) is 12.8 Å². The maximum atomic E-state index is 10.1. The van der Waals surface area contributed by atoms with Crippen molar-refractivity contribution in [3.63, 3.8) is 0 Å². The van der Waals surface area contributed by atoms with Crippen LogP contribution in [-0.2, 0) is 12.8 Å². The zero-order valence-corrected chi connectivity index (χ0v) is 7.91. The number of hydrogen-bond acceptors (Lipinski definition) is 2. The van der Waals surface area contributed by atoms with Crippen molar-refractivity contribution in [3.8, 4) is 23.8 Å².